The van der Waals surface area contributed by atoms with Gasteiger partial charge >= 0.3 is 0 Å². The fourth-order valence-corrected chi connectivity index (χ4v) is 2.17. The molecule has 0 unspecified atom stereocenters. The molecule has 1 rings (SSSR count). The van der Waals surface area contributed by atoms with Crippen molar-refractivity contribution in [3.63, 3.8) is 0 Å². The molecule has 0 aliphatic carbocycles. The van der Waals surface area contributed by atoms with E-state index < -0.39 is 0 Å². The molecule has 1 heterocycles. The molecule has 16 heavy (non-hydrogen) atoms. The molecule has 3 nitrogen and oxygen atoms in total. The third-order valence-corrected chi connectivity index (χ3v) is 3.02. The van der Waals surface area contributed by atoms with E-state index in [4.69, 9.17) is 4.74 Å². The molecule has 1 aliphatic rings. The molecule has 0 N–H and O–H groups in total. The molecule has 0 saturated carbocycles. The Morgan fingerprint density at radius 3 is 2.12 bits per heavy atom. The van der Waals surface area contributed by atoms with Crippen molar-refractivity contribution in [1.82, 2.24) is 4.90 Å². The molecule has 0 bridgehead atoms. The second kappa shape index (κ2) is 5.17. The molecule has 1 fully saturated rings. The average Bonchev–Trinajstić information content (AvgIpc) is 2.17. The maximum Gasteiger partial charge on any atom is 0.228 e. The van der Waals surface area contributed by atoms with Crippen LogP contribution in [0.1, 0.15) is 47.5 Å². The van der Waals surface area contributed by atoms with Crippen molar-refractivity contribution in [3.05, 3.63) is 0 Å². The van der Waals surface area contributed by atoms with Gasteiger partial charge in [-0.2, -0.15) is 0 Å². The molecule has 0 spiro atoms. The van der Waals surface area contributed by atoms with Crippen molar-refractivity contribution < 1.29 is 9.53 Å². The minimum atomic E-state index is -0.289. The SMILES string of the molecule is CC(C)N(C(=O)C(C)(C)C)C1CCOCC1. The van der Waals surface area contributed by atoms with Crippen molar-refractivity contribution >= 4 is 5.91 Å². The van der Waals surface area contributed by atoms with Crippen LogP contribution in [0.5, 0.6) is 0 Å². The smallest absolute Gasteiger partial charge is 0.228 e. The fourth-order valence-electron chi connectivity index (χ4n) is 2.17. The summed E-state index contributed by atoms with van der Waals surface area (Å²) in [6.45, 7) is 11.7. The van der Waals surface area contributed by atoms with Gasteiger partial charge < -0.3 is 9.64 Å². The van der Waals surface area contributed by atoms with Gasteiger partial charge in [-0.1, -0.05) is 20.8 Å². The number of nitrogens with zero attached hydrogens (tertiary/aromatic N) is 1. The van der Waals surface area contributed by atoms with E-state index in [1.54, 1.807) is 0 Å². The quantitative estimate of drug-likeness (QED) is 0.725. The molecule has 0 radical (unpaired) electrons. The van der Waals surface area contributed by atoms with Crippen LogP contribution in [-0.4, -0.2) is 36.1 Å². The molecule has 3 heteroatoms. The lowest BCUT2D eigenvalue weighted by Gasteiger charge is -2.40. The highest BCUT2D eigenvalue weighted by Gasteiger charge is 2.34. The Labute approximate surface area is 99.1 Å². The van der Waals surface area contributed by atoms with Crippen LogP contribution in [-0.2, 0) is 9.53 Å². The van der Waals surface area contributed by atoms with E-state index in [2.05, 4.69) is 18.7 Å². The molecular formula is C13H25NO2. The van der Waals surface area contributed by atoms with E-state index in [-0.39, 0.29) is 17.4 Å². The lowest BCUT2D eigenvalue weighted by molar-refractivity contribution is -0.146. The van der Waals surface area contributed by atoms with Gasteiger partial charge in [0.15, 0.2) is 0 Å². The number of carbonyl (C=O) groups excluding carboxylic acids is 1. The first-order valence-electron chi connectivity index (χ1n) is 6.24. The first-order chi connectivity index (χ1) is 7.34. The third-order valence-electron chi connectivity index (χ3n) is 3.02. The summed E-state index contributed by atoms with van der Waals surface area (Å²) >= 11 is 0. The highest BCUT2D eigenvalue weighted by Crippen LogP contribution is 2.25. The number of carbonyl (C=O) groups is 1. The van der Waals surface area contributed by atoms with E-state index in [1.807, 2.05) is 20.8 Å². The van der Waals surface area contributed by atoms with Crippen LogP contribution in [0.25, 0.3) is 0 Å². The van der Waals surface area contributed by atoms with Crippen molar-refractivity contribution in [2.45, 2.75) is 59.5 Å². The second-order valence-electron chi connectivity index (χ2n) is 5.90. The summed E-state index contributed by atoms with van der Waals surface area (Å²) in [5, 5.41) is 0. The maximum absolute atomic E-state index is 12.4. The van der Waals surface area contributed by atoms with Gasteiger partial charge in [0.25, 0.3) is 0 Å². The molecule has 1 amide bonds. The van der Waals surface area contributed by atoms with Gasteiger partial charge in [-0.15, -0.1) is 0 Å². The molecule has 0 aromatic rings. The molecule has 94 valence electrons. The third kappa shape index (κ3) is 3.21. The van der Waals surface area contributed by atoms with Crippen LogP contribution >= 0.6 is 0 Å². The average molecular weight is 227 g/mol. The fraction of sp³-hybridized carbons (Fsp3) is 0.923. The van der Waals surface area contributed by atoms with Crippen LogP contribution in [0.2, 0.25) is 0 Å². The standard InChI is InChI=1S/C13H25NO2/c1-10(2)14(12(15)13(3,4)5)11-6-8-16-9-7-11/h10-11H,6-9H2,1-5H3. The summed E-state index contributed by atoms with van der Waals surface area (Å²) in [6, 6.07) is 0.635. The number of hydrogen-bond donors (Lipinski definition) is 0. The first kappa shape index (κ1) is 13.5. The molecule has 0 atom stereocenters. The van der Waals surface area contributed by atoms with Crippen molar-refractivity contribution in [1.29, 1.82) is 0 Å². The number of amides is 1. The highest BCUT2D eigenvalue weighted by atomic mass is 16.5. The highest BCUT2D eigenvalue weighted by molar-refractivity contribution is 5.82. The number of hydrogen-bond acceptors (Lipinski definition) is 2. The van der Waals surface area contributed by atoms with Crippen LogP contribution in [0.4, 0.5) is 0 Å². The van der Waals surface area contributed by atoms with Crippen LogP contribution < -0.4 is 0 Å². The lowest BCUT2D eigenvalue weighted by atomic mass is 9.92. The number of ether oxygens (including phenoxy) is 1. The Kier molecular flexibility index (Phi) is 4.36. The Morgan fingerprint density at radius 1 is 1.25 bits per heavy atom. The lowest BCUT2D eigenvalue weighted by Crippen LogP contribution is -2.51. The molecule has 1 aliphatic heterocycles. The van der Waals surface area contributed by atoms with Gasteiger partial charge in [0, 0.05) is 30.7 Å². The minimum Gasteiger partial charge on any atom is -0.381 e. The Bertz CT molecular complexity index is 237. The van der Waals surface area contributed by atoms with Gasteiger partial charge in [-0.25, -0.2) is 0 Å². The Hall–Kier alpha value is -0.570. The summed E-state index contributed by atoms with van der Waals surface area (Å²) in [4.78, 5) is 14.4. The Morgan fingerprint density at radius 2 is 1.75 bits per heavy atom. The maximum atomic E-state index is 12.4. The normalized spacial score (nSPS) is 18.9. The topological polar surface area (TPSA) is 29.5 Å². The van der Waals surface area contributed by atoms with E-state index in [0.717, 1.165) is 26.1 Å². The summed E-state index contributed by atoms with van der Waals surface area (Å²) in [5.74, 6) is 0.259. The van der Waals surface area contributed by atoms with Crippen LogP contribution in [0.3, 0.4) is 0 Å². The van der Waals surface area contributed by atoms with Crippen molar-refractivity contribution in [2.24, 2.45) is 5.41 Å². The molecular weight excluding hydrogens is 202 g/mol. The summed E-state index contributed by atoms with van der Waals surface area (Å²) in [6.07, 6.45) is 1.94. The van der Waals surface area contributed by atoms with E-state index in [9.17, 15) is 4.79 Å². The largest absolute Gasteiger partial charge is 0.381 e. The molecule has 1 saturated heterocycles. The van der Waals surface area contributed by atoms with Gasteiger partial charge in [0.1, 0.15) is 0 Å². The van der Waals surface area contributed by atoms with Crippen LogP contribution in [0, 0.1) is 5.41 Å². The predicted molar refractivity (Wildman–Crippen MR) is 65.3 cm³/mol. The zero-order chi connectivity index (χ0) is 12.3. The van der Waals surface area contributed by atoms with E-state index in [1.165, 1.54) is 0 Å². The summed E-state index contributed by atoms with van der Waals surface area (Å²) in [5.41, 5.74) is -0.289. The van der Waals surface area contributed by atoms with Gasteiger partial charge in [-0.3, -0.25) is 4.79 Å². The van der Waals surface area contributed by atoms with Gasteiger partial charge in [-0.05, 0) is 26.7 Å². The summed E-state index contributed by atoms with van der Waals surface area (Å²) in [7, 11) is 0. The zero-order valence-electron chi connectivity index (χ0n) is 11.2. The molecule has 0 aromatic heterocycles. The minimum absolute atomic E-state index is 0.259. The Balaban J connectivity index is 2.77. The zero-order valence-corrected chi connectivity index (χ0v) is 11.2. The van der Waals surface area contributed by atoms with Gasteiger partial charge in [0.05, 0.1) is 0 Å². The van der Waals surface area contributed by atoms with E-state index >= 15 is 0 Å². The molecule has 0 aromatic carbocycles. The van der Waals surface area contributed by atoms with E-state index in [0.29, 0.717) is 6.04 Å². The number of rotatable bonds is 2. The monoisotopic (exact) mass is 227 g/mol. The predicted octanol–water partition coefficient (Wildman–Crippen LogP) is 2.45. The second-order valence-corrected chi connectivity index (χ2v) is 5.90. The van der Waals surface area contributed by atoms with Crippen molar-refractivity contribution in [3.8, 4) is 0 Å². The van der Waals surface area contributed by atoms with Crippen LogP contribution in [0.15, 0.2) is 0 Å². The summed E-state index contributed by atoms with van der Waals surface area (Å²) < 4.78 is 5.36. The van der Waals surface area contributed by atoms with Gasteiger partial charge in [0.2, 0.25) is 5.91 Å². The van der Waals surface area contributed by atoms with Crippen molar-refractivity contribution in [2.75, 3.05) is 13.2 Å². The first-order valence-corrected chi connectivity index (χ1v) is 6.24.